The lowest BCUT2D eigenvalue weighted by Gasteiger charge is -2.31. The lowest BCUT2D eigenvalue weighted by Crippen LogP contribution is -2.42. The molecule has 27 heavy (non-hydrogen) atoms. The number of imidazole rings is 1. The summed E-state index contributed by atoms with van der Waals surface area (Å²) in [7, 11) is 3.67. The van der Waals surface area contributed by atoms with Crippen molar-refractivity contribution in [2.45, 2.75) is 31.4 Å². The minimum Gasteiger partial charge on any atom is -0.497 e. The van der Waals surface area contributed by atoms with Crippen LogP contribution in [0.2, 0.25) is 0 Å². The second-order valence-corrected chi connectivity index (χ2v) is 7.33. The Morgan fingerprint density at radius 3 is 2.78 bits per heavy atom. The molecule has 1 aromatic heterocycles. The summed E-state index contributed by atoms with van der Waals surface area (Å²) in [6.07, 6.45) is 5.25. The van der Waals surface area contributed by atoms with Crippen LogP contribution in [0.4, 0.5) is 0 Å². The molecule has 2 N–H and O–H groups in total. The molecule has 0 bridgehead atoms. The van der Waals surface area contributed by atoms with Gasteiger partial charge < -0.3 is 19.7 Å². The molecular formula is C20H28N4O3. The molecule has 1 atom stereocenters. The van der Waals surface area contributed by atoms with Crippen LogP contribution in [0.5, 0.6) is 5.75 Å². The van der Waals surface area contributed by atoms with Gasteiger partial charge in [0.15, 0.2) is 5.82 Å². The van der Waals surface area contributed by atoms with Gasteiger partial charge in [0, 0.05) is 38.6 Å². The molecule has 1 saturated heterocycles. The van der Waals surface area contributed by atoms with Gasteiger partial charge in [-0.05, 0) is 44.0 Å². The van der Waals surface area contributed by atoms with Crippen LogP contribution >= 0.6 is 0 Å². The Bertz CT molecular complexity index is 732. The zero-order valence-electron chi connectivity index (χ0n) is 16.0. The van der Waals surface area contributed by atoms with Crippen LogP contribution in [-0.4, -0.2) is 70.2 Å². The normalized spacial score (nSPS) is 20.5. The first-order chi connectivity index (χ1) is 13.0. The van der Waals surface area contributed by atoms with Crippen molar-refractivity contribution in [3.8, 4) is 5.75 Å². The maximum Gasteiger partial charge on any atom is 0.289 e. The number of hydrogen-bond donors (Lipinski definition) is 2. The zero-order valence-corrected chi connectivity index (χ0v) is 16.0. The molecule has 0 spiro atoms. The van der Waals surface area contributed by atoms with E-state index in [0.717, 1.165) is 18.7 Å². The number of amides is 1. The van der Waals surface area contributed by atoms with Gasteiger partial charge >= 0.3 is 0 Å². The van der Waals surface area contributed by atoms with Crippen molar-refractivity contribution in [1.82, 2.24) is 19.8 Å². The third kappa shape index (κ3) is 5.08. The average Bonchev–Trinajstić information content (AvgIpc) is 3.12. The van der Waals surface area contributed by atoms with E-state index in [1.807, 2.05) is 31.3 Å². The predicted octanol–water partition coefficient (Wildman–Crippen LogP) is 1.91. The molecule has 1 aromatic carbocycles. The van der Waals surface area contributed by atoms with Gasteiger partial charge in [0.2, 0.25) is 0 Å². The highest BCUT2D eigenvalue weighted by Crippen LogP contribution is 2.24. The second-order valence-electron chi connectivity index (χ2n) is 7.33. The topological polar surface area (TPSA) is 81.7 Å². The lowest BCUT2D eigenvalue weighted by molar-refractivity contribution is -0.00403. The van der Waals surface area contributed by atoms with Gasteiger partial charge in [-0.3, -0.25) is 9.69 Å². The van der Waals surface area contributed by atoms with E-state index in [1.165, 1.54) is 5.56 Å². The minimum absolute atomic E-state index is 0.101. The van der Waals surface area contributed by atoms with E-state index < -0.39 is 5.60 Å². The number of rotatable bonds is 6. The molecule has 7 nitrogen and oxygen atoms in total. The number of aromatic amines is 1. The Labute approximate surface area is 160 Å². The number of methoxy groups -OCH3 is 1. The zero-order chi connectivity index (χ0) is 19.3. The summed E-state index contributed by atoms with van der Waals surface area (Å²) in [5.74, 6) is 1.10. The van der Waals surface area contributed by atoms with Crippen molar-refractivity contribution in [3.05, 3.63) is 48.0 Å². The Morgan fingerprint density at radius 1 is 1.33 bits per heavy atom. The maximum absolute atomic E-state index is 12.5. The first-order valence-corrected chi connectivity index (χ1v) is 9.32. The number of carbonyl (C=O) groups excluding carboxylic acids is 1. The molecule has 3 rings (SSSR count). The molecule has 1 aliphatic heterocycles. The lowest BCUT2D eigenvalue weighted by atomic mass is 9.94. The SMILES string of the molecule is COc1ccc(CN(C)CC2(O)CCCN(C(=O)c3ncc[nH]3)CC2)cc1. The fourth-order valence-corrected chi connectivity index (χ4v) is 3.67. The van der Waals surface area contributed by atoms with Gasteiger partial charge in [-0.2, -0.15) is 0 Å². The first kappa shape index (κ1) is 19.4. The van der Waals surface area contributed by atoms with Gasteiger partial charge in [-0.1, -0.05) is 12.1 Å². The van der Waals surface area contributed by atoms with Gasteiger partial charge in [0.05, 0.1) is 12.7 Å². The smallest absolute Gasteiger partial charge is 0.289 e. The van der Waals surface area contributed by atoms with Crippen molar-refractivity contribution in [1.29, 1.82) is 0 Å². The summed E-state index contributed by atoms with van der Waals surface area (Å²) in [5, 5.41) is 11.1. The fraction of sp³-hybridized carbons (Fsp3) is 0.500. The number of nitrogens with one attached hydrogen (secondary N) is 1. The van der Waals surface area contributed by atoms with E-state index in [4.69, 9.17) is 4.74 Å². The van der Waals surface area contributed by atoms with Crippen LogP contribution in [0.25, 0.3) is 0 Å². The Morgan fingerprint density at radius 2 is 2.11 bits per heavy atom. The fourth-order valence-electron chi connectivity index (χ4n) is 3.67. The molecule has 1 amide bonds. The van der Waals surface area contributed by atoms with Crippen molar-refractivity contribution in [3.63, 3.8) is 0 Å². The molecule has 1 unspecified atom stereocenters. The summed E-state index contributed by atoms with van der Waals surface area (Å²) in [5.41, 5.74) is 0.379. The second kappa shape index (κ2) is 8.54. The number of likely N-dealkylation sites (tertiary alicyclic amines) is 1. The Balaban J connectivity index is 1.55. The molecule has 0 saturated carbocycles. The molecule has 7 heteroatoms. The van der Waals surface area contributed by atoms with Crippen molar-refractivity contribution in [2.75, 3.05) is 33.8 Å². The summed E-state index contributed by atoms with van der Waals surface area (Å²) in [6, 6.07) is 7.97. The summed E-state index contributed by atoms with van der Waals surface area (Å²) >= 11 is 0. The third-order valence-electron chi connectivity index (χ3n) is 5.08. The van der Waals surface area contributed by atoms with E-state index in [1.54, 1.807) is 24.4 Å². The average molecular weight is 372 g/mol. The number of benzene rings is 1. The molecule has 2 heterocycles. The molecule has 0 radical (unpaired) electrons. The van der Waals surface area contributed by atoms with Gasteiger partial charge in [-0.15, -0.1) is 0 Å². The number of nitrogens with zero attached hydrogens (tertiary/aromatic N) is 3. The van der Waals surface area contributed by atoms with E-state index >= 15 is 0 Å². The van der Waals surface area contributed by atoms with Crippen LogP contribution < -0.4 is 4.74 Å². The van der Waals surface area contributed by atoms with Crippen molar-refractivity contribution < 1.29 is 14.6 Å². The highest BCUT2D eigenvalue weighted by Gasteiger charge is 2.33. The molecule has 1 aliphatic rings. The third-order valence-corrected chi connectivity index (χ3v) is 5.08. The maximum atomic E-state index is 12.5. The number of aliphatic hydroxyl groups is 1. The molecule has 1 fully saturated rings. The first-order valence-electron chi connectivity index (χ1n) is 9.32. The van der Waals surface area contributed by atoms with Gasteiger partial charge in [0.1, 0.15) is 5.75 Å². The van der Waals surface area contributed by atoms with E-state index in [2.05, 4.69) is 14.9 Å². The van der Waals surface area contributed by atoms with Crippen LogP contribution in [0.15, 0.2) is 36.7 Å². The minimum atomic E-state index is -0.792. The molecule has 2 aromatic rings. The van der Waals surface area contributed by atoms with Gasteiger partial charge in [-0.25, -0.2) is 4.98 Å². The van der Waals surface area contributed by atoms with Crippen LogP contribution in [0.3, 0.4) is 0 Å². The number of hydrogen-bond acceptors (Lipinski definition) is 5. The predicted molar refractivity (Wildman–Crippen MR) is 103 cm³/mol. The van der Waals surface area contributed by atoms with E-state index in [-0.39, 0.29) is 5.91 Å². The number of aromatic nitrogens is 2. The van der Waals surface area contributed by atoms with E-state index in [9.17, 15) is 9.90 Å². The van der Waals surface area contributed by atoms with Crippen LogP contribution in [0, 0.1) is 0 Å². The largest absolute Gasteiger partial charge is 0.497 e. The number of H-pyrrole nitrogens is 1. The quantitative estimate of drug-likeness (QED) is 0.809. The highest BCUT2D eigenvalue weighted by molar-refractivity contribution is 5.90. The number of likely N-dealkylation sites (N-methyl/N-ethyl adjacent to an activating group) is 1. The van der Waals surface area contributed by atoms with Gasteiger partial charge in [0.25, 0.3) is 5.91 Å². The molecule has 0 aliphatic carbocycles. The monoisotopic (exact) mass is 372 g/mol. The summed E-state index contributed by atoms with van der Waals surface area (Å²) in [4.78, 5) is 23.3. The Kier molecular flexibility index (Phi) is 6.13. The molecule has 146 valence electrons. The van der Waals surface area contributed by atoms with Crippen molar-refractivity contribution in [2.24, 2.45) is 0 Å². The number of ether oxygens (including phenoxy) is 1. The summed E-state index contributed by atoms with van der Waals surface area (Å²) in [6.45, 7) is 2.50. The van der Waals surface area contributed by atoms with Crippen molar-refractivity contribution >= 4 is 5.91 Å². The van der Waals surface area contributed by atoms with E-state index in [0.29, 0.717) is 38.3 Å². The van der Waals surface area contributed by atoms with Crippen LogP contribution in [-0.2, 0) is 6.54 Å². The summed E-state index contributed by atoms with van der Waals surface area (Å²) < 4.78 is 5.19. The van der Waals surface area contributed by atoms with Crippen LogP contribution in [0.1, 0.15) is 35.4 Å². The standard InChI is InChI=1S/C20H28N4O3/c1-23(14-16-4-6-17(27-2)7-5-16)15-20(26)8-3-12-24(13-9-20)19(25)18-21-10-11-22-18/h4-7,10-11,26H,3,8-9,12-15H2,1-2H3,(H,21,22). The highest BCUT2D eigenvalue weighted by atomic mass is 16.5. The molecular weight excluding hydrogens is 344 g/mol. The number of carbonyl (C=O) groups is 1. The Hall–Kier alpha value is -2.38.